The maximum Gasteiger partial charge on any atom is 0.274 e. The molecule has 0 spiro atoms. The van der Waals surface area contributed by atoms with Crippen LogP contribution >= 0.6 is 0 Å². The number of anilines is 1. The molecule has 0 unspecified atom stereocenters. The summed E-state index contributed by atoms with van der Waals surface area (Å²) in [6, 6.07) is 7.85. The van der Waals surface area contributed by atoms with Gasteiger partial charge < -0.3 is 15.2 Å². The van der Waals surface area contributed by atoms with Gasteiger partial charge in [0.15, 0.2) is 0 Å². The number of fused-ring (bicyclic) bond motifs is 1. The Balaban J connectivity index is 1.48. The minimum Gasteiger partial charge on any atom is -0.361 e. The molecular weight excluding hydrogens is 318 g/mol. The summed E-state index contributed by atoms with van der Waals surface area (Å²) in [5.41, 5.74) is 2.69. The Morgan fingerprint density at radius 1 is 1.20 bits per heavy atom. The van der Waals surface area contributed by atoms with Gasteiger partial charge in [0, 0.05) is 30.2 Å². The van der Waals surface area contributed by atoms with E-state index >= 15 is 0 Å². The van der Waals surface area contributed by atoms with Crippen LogP contribution < -0.4 is 5.32 Å². The molecule has 7 nitrogen and oxygen atoms in total. The molecule has 0 bridgehead atoms. The van der Waals surface area contributed by atoms with Gasteiger partial charge in [0.2, 0.25) is 5.91 Å². The van der Waals surface area contributed by atoms with Gasteiger partial charge in [0.05, 0.1) is 18.3 Å². The second kappa shape index (κ2) is 6.43. The van der Waals surface area contributed by atoms with E-state index in [4.69, 9.17) is 0 Å². The van der Waals surface area contributed by atoms with Crippen LogP contribution in [0, 0.1) is 0 Å². The van der Waals surface area contributed by atoms with Gasteiger partial charge in [0.25, 0.3) is 5.91 Å². The molecule has 3 heterocycles. The van der Waals surface area contributed by atoms with E-state index < -0.39 is 0 Å². The van der Waals surface area contributed by atoms with E-state index in [0.717, 1.165) is 42.4 Å². The maximum atomic E-state index is 12.5. The fraction of sp³-hybridized carbons (Fsp3) is 0.278. The highest BCUT2D eigenvalue weighted by Crippen LogP contribution is 2.20. The number of H-pyrrole nitrogens is 2. The van der Waals surface area contributed by atoms with E-state index in [1.54, 1.807) is 4.90 Å². The van der Waals surface area contributed by atoms with Crippen molar-refractivity contribution in [2.75, 3.05) is 18.4 Å². The largest absolute Gasteiger partial charge is 0.361 e. The van der Waals surface area contributed by atoms with Gasteiger partial charge in [-0.25, -0.2) is 0 Å². The molecule has 0 saturated carbocycles. The third kappa shape index (κ3) is 3.00. The number of benzene rings is 1. The fourth-order valence-electron chi connectivity index (χ4n) is 3.27. The van der Waals surface area contributed by atoms with Gasteiger partial charge in [0.1, 0.15) is 5.69 Å². The highest BCUT2D eigenvalue weighted by atomic mass is 16.2. The van der Waals surface area contributed by atoms with E-state index in [1.807, 2.05) is 30.5 Å². The predicted octanol–water partition coefficient (Wildman–Crippen LogP) is 2.31. The molecule has 0 aliphatic carbocycles. The Bertz CT molecular complexity index is 920. The standard InChI is InChI=1S/C18H19N5O2/c24-16(9-12-10-19-14-6-2-1-5-13(12)14)21-15-11-20-22-17(15)18(25)23-7-3-4-8-23/h1-2,5-6,10-11,19H,3-4,7-9H2,(H,20,22)(H,21,24). The second-order valence-electron chi connectivity index (χ2n) is 6.24. The number of aromatic amines is 2. The van der Waals surface area contributed by atoms with Crippen molar-refractivity contribution >= 4 is 28.4 Å². The number of aromatic nitrogens is 3. The van der Waals surface area contributed by atoms with Crippen molar-refractivity contribution in [1.29, 1.82) is 0 Å². The van der Waals surface area contributed by atoms with E-state index in [9.17, 15) is 9.59 Å². The van der Waals surface area contributed by atoms with Crippen LogP contribution in [0.5, 0.6) is 0 Å². The lowest BCUT2D eigenvalue weighted by Crippen LogP contribution is -2.29. The summed E-state index contributed by atoms with van der Waals surface area (Å²) in [5.74, 6) is -0.293. The minimum atomic E-state index is -0.179. The molecular formula is C18H19N5O2. The number of carbonyl (C=O) groups excluding carboxylic acids is 2. The highest BCUT2D eigenvalue weighted by molar-refractivity contribution is 6.03. The van der Waals surface area contributed by atoms with Crippen LogP contribution in [0.15, 0.2) is 36.7 Å². The molecule has 1 fully saturated rings. The molecule has 4 rings (SSSR count). The molecule has 3 N–H and O–H groups in total. The SMILES string of the molecule is O=C(Cc1c[nH]c2ccccc12)Nc1cn[nH]c1C(=O)N1CCCC1. The lowest BCUT2D eigenvalue weighted by atomic mass is 10.1. The van der Waals surface area contributed by atoms with Crippen LogP contribution in [0.3, 0.4) is 0 Å². The first-order valence-corrected chi connectivity index (χ1v) is 8.40. The summed E-state index contributed by atoms with van der Waals surface area (Å²) in [7, 11) is 0. The molecule has 3 aromatic rings. The summed E-state index contributed by atoms with van der Waals surface area (Å²) < 4.78 is 0. The van der Waals surface area contributed by atoms with Crippen LogP contribution in [0.4, 0.5) is 5.69 Å². The molecule has 2 aromatic heterocycles. The third-order valence-electron chi connectivity index (χ3n) is 4.55. The van der Waals surface area contributed by atoms with Crippen molar-refractivity contribution in [3.63, 3.8) is 0 Å². The van der Waals surface area contributed by atoms with Gasteiger partial charge >= 0.3 is 0 Å². The monoisotopic (exact) mass is 337 g/mol. The van der Waals surface area contributed by atoms with Gasteiger partial charge in [-0.15, -0.1) is 0 Å². The van der Waals surface area contributed by atoms with Gasteiger partial charge in [-0.3, -0.25) is 14.7 Å². The summed E-state index contributed by atoms with van der Waals surface area (Å²) in [4.78, 5) is 29.9. The maximum absolute atomic E-state index is 12.5. The van der Waals surface area contributed by atoms with Crippen molar-refractivity contribution in [2.24, 2.45) is 0 Å². The lowest BCUT2D eigenvalue weighted by molar-refractivity contribution is -0.115. The number of likely N-dealkylation sites (tertiary alicyclic amines) is 1. The topological polar surface area (TPSA) is 93.9 Å². The van der Waals surface area contributed by atoms with Gasteiger partial charge in [-0.2, -0.15) is 5.10 Å². The molecule has 1 saturated heterocycles. The molecule has 1 aliphatic rings. The van der Waals surface area contributed by atoms with E-state index in [1.165, 1.54) is 6.20 Å². The van der Waals surface area contributed by atoms with E-state index in [-0.39, 0.29) is 18.2 Å². The summed E-state index contributed by atoms with van der Waals surface area (Å²) in [6.45, 7) is 1.50. The number of para-hydroxylation sites is 1. The van der Waals surface area contributed by atoms with Crippen LogP contribution in [0.25, 0.3) is 10.9 Å². The quantitative estimate of drug-likeness (QED) is 0.682. The van der Waals surface area contributed by atoms with Gasteiger partial charge in [-0.05, 0) is 24.5 Å². The number of nitrogens with zero attached hydrogens (tertiary/aromatic N) is 2. The van der Waals surface area contributed by atoms with E-state index in [0.29, 0.717) is 11.4 Å². The smallest absolute Gasteiger partial charge is 0.274 e. The number of hydrogen-bond acceptors (Lipinski definition) is 3. The van der Waals surface area contributed by atoms with Gasteiger partial charge in [-0.1, -0.05) is 18.2 Å². The summed E-state index contributed by atoms with van der Waals surface area (Å²) in [5, 5.41) is 10.5. The number of rotatable bonds is 4. The lowest BCUT2D eigenvalue weighted by Gasteiger charge is -2.15. The summed E-state index contributed by atoms with van der Waals surface area (Å²) in [6.07, 6.45) is 5.59. The molecule has 0 atom stereocenters. The Morgan fingerprint density at radius 3 is 2.84 bits per heavy atom. The first-order valence-electron chi connectivity index (χ1n) is 8.40. The van der Waals surface area contributed by atoms with Crippen LogP contribution in [0.2, 0.25) is 0 Å². The Kier molecular flexibility index (Phi) is 3.97. The summed E-state index contributed by atoms with van der Waals surface area (Å²) >= 11 is 0. The van der Waals surface area contributed by atoms with Crippen molar-refractivity contribution in [1.82, 2.24) is 20.1 Å². The fourth-order valence-corrected chi connectivity index (χ4v) is 3.27. The van der Waals surface area contributed by atoms with Crippen molar-refractivity contribution in [3.05, 3.63) is 47.9 Å². The zero-order chi connectivity index (χ0) is 17.2. The molecule has 1 aromatic carbocycles. The third-order valence-corrected chi connectivity index (χ3v) is 4.55. The normalized spacial score (nSPS) is 14.2. The van der Waals surface area contributed by atoms with Crippen LogP contribution in [-0.4, -0.2) is 45.0 Å². The Morgan fingerprint density at radius 2 is 2.00 bits per heavy atom. The zero-order valence-electron chi connectivity index (χ0n) is 13.7. The highest BCUT2D eigenvalue weighted by Gasteiger charge is 2.24. The van der Waals surface area contributed by atoms with Crippen LogP contribution in [-0.2, 0) is 11.2 Å². The van der Waals surface area contributed by atoms with E-state index in [2.05, 4.69) is 20.5 Å². The molecule has 25 heavy (non-hydrogen) atoms. The molecule has 2 amide bonds. The number of amides is 2. The van der Waals surface area contributed by atoms with Crippen LogP contribution in [0.1, 0.15) is 28.9 Å². The molecule has 0 radical (unpaired) electrons. The average Bonchev–Trinajstić information content (AvgIpc) is 3.35. The number of carbonyl (C=O) groups is 2. The second-order valence-corrected chi connectivity index (χ2v) is 6.24. The minimum absolute atomic E-state index is 0.114. The van der Waals surface area contributed by atoms with Crippen molar-refractivity contribution in [3.8, 4) is 0 Å². The Labute approximate surface area is 144 Å². The molecule has 128 valence electrons. The average molecular weight is 337 g/mol. The Hall–Kier alpha value is -3.09. The number of hydrogen-bond donors (Lipinski definition) is 3. The number of nitrogens with one attached hydrogen (secondary N) is 3. The first kappa shape index (κ1) is 15.4. The predicted molar refractivity (Wildman–Crippen MR) is 94.4 cm³/mol. The molecule has 1 aliphatic heterocycles. The first-order chi connectivity index (χ1) is 12.2. The zero-order valence-corrected chi connectivity index (χ0v) is 13.7. The molecule has 7 heteroatoms. The van der Waals surface area contributed by atoms with Crippen molar-refractivity contribution in [2.45, 2.75) is 19.3 Å². The van der Waals surface area contributed by atoms with Crippen molar-refractivity contribution < 1.29 is 9.59 Å².